The zero-order chi connectivity index (χ0) is 18.4. The summed E-state index contributed by atoms with van der Waals surface area (Å²) in [7, 11) is 0. The van der Waals surface area contributed by atoms with E-state index in [1.807, 2.05) is 42.5 Å². The van der Waals surface area contributed by atoms with Crippen LogP contribution in [0, 0.1) is 6.92 Å². The molecule has 2 aromatic carbocycles. The van der Waals surface area contributed by atoms with E-state index in [0.29, 0.717) is 17.0 Å². The van der Waals surface area contributed by atoms with Crippen LogP contribution in [0.1, 0.15) is 34.7 Å². The largest absolute Gasteiger partial charge is 0.459 e. The van der Waals surface area contributed by atoms with Crippen molar-refractivity contribution in [3.05, 3.63) is 77.7 Å². The second-order valence-corrected chi connectivity index (χ2v) is 5.96. The van der Waals surface area contributed by atoms with Crippen LogP contribution in [0.15, 0.2) is 65.2 Å². The summed E-state index contributed by atoms with van der Waals surface area (Å²) < 4.78 is 9.99. The van der Waals surface area contributed by atoms with Gasteiger partial charge in [-0.2, -0.15) is 0 Å². The lowest BCUT2D eigenvalue weighted by atomic mass is 10.0. The maximum absolute atomic E-state index is 12.2. The minimum atomic E-state index is -0.431. The van der Waals surface area contributed by atoms with Crippen LogP contribution in [0.5, 0.6) is 0 Å². The van der Waals surface area contributed by atoms with Gasteiger partial charge in [-0.05, 0) is 18.1 Å². The van der Waals surface area contributed by atoms with Gasteiger partial charge in [-0.1, -0.05) is 59.8 Å². The second-order valence-electron chi connectivity index (χ2n) is 5.96. The van der Waals surface area contributed by atoms with Crippen molar-refractivity contribution < 1.29 is 18.8 Å². The van der Waals surface area contributed by atoms with E-state index in [0.717, 1.165) is 11.1 Å². The average Bonchev–Trinajstić information content (AvgIpc) is 3.10. The molecule has 132 valence electrons. The molecule has 0 aliphatic rings. The molecule has 0 bridgehead atoms. The highest BCUT2D eigenvalue weighted by Crippen LogP contribution is 2.20. The maximum Gasteiger partial charge on any atom is 0.306 e. The van der Waals surface area contributed by atoms with Crippen LogP contribution in [0.3, 0.4) is 0 Å². The number of carbonyl (C=O) groups is 2. The summed E-state index contributed by atoms with van der Waals surface area (Å²) in [5, 5.41) is 3.74. The fourth-order valence-corrected chi connectivity index (χ4v) is 2.55. The first-order chi connectivity index (χ1) is 12.6. The SMILES string of the molecule is Cc1cc(COC(=O)CCC(=O)c2ccc(-c3ccccc3)cc2)no1. The molecule has 0 saturated heterocycles. The summed E-state index contributed by atoms with van der Waals surface area (Å²) in [5.41, 5.74) is 3.28. The average molecular weight is 349 g/mol. The molecule has 0 radical (unpaired) electrons. The third kappa shape index (κ3) is 4.66. The first-order valence-electron chi connectivity index (χ1n) is 8.38. The Hall–Kier alpha value is -3.21. The topological polar surface area (TPSA) is 69.4 Å². The number of ether oxygens (including phenoxy) is 1. The number of hydrogen-bond donors (Lipinski definition) is 0. The zero-order valence-corrected chi connectivity index (χ0v) is 14.5. The van der Waals surface area contributed by atoms with E-state index in [1.54, 1.807) is 25.1 Å². The van der Waals surface area contributed by atoms with Crippen LogP contribution in [0.25, 0.3) is 11.1 Å². The molecule has 0 spiro atoms. The fraction of sp³-hybridized carbons (Fsp3) is 0.190. The number of ketones is 1. The summed E-state index contributed by atoms with van der Waals surface area (Å²) in [6.45, 7) is 1.82. The summed E-state index contributed by atoms with van der Waals surface area (Å²) in [6, 6.07) is 19.0. The molecule has 0 N–H and O–H groups in total. The molecule has 5 heteroatoms. The van der Waals surface area contributed by atoms with Gasteiger partial charge in [-0.15, -0.1) is 0 Å². The molecule has 1 aromatic heterocycles. The van der Waals surface area contributed by atoms with Crippen LogP contribution in [-0.2, 0) is 16.1 Å². The van der Waals surface area contributed by atoms with Crippen LogP contribution < -0.4 is 0 Å². The summed E-state index contributed by atoms with van der Waals surface area (Å²) >= 11 is 0. The lowest BCUT2D eigenvalue weighted by Gasteiger charge is -2.05. The molecule has 3 aromatic rings. The third-order valence-corrected chi connectivity index (χ3v) is 3.93. The Morgan fingerprint density at radius 2 is 1.65 bits per heavy atom. The number of nitrogens with zero attached hydrogens (tertiary/aromatic N) is 1. The smallest absolute Gasteiger partial charge is 0.306 e. The molecule has 0 atom stereocenters. The standard InChI is InChI=1S/C21H19NO4/c1-15-13-19(22-26-15)14-25-21(24)12-11-20(23)18-9-7-17(8-10-18)16-5-3-2-4-6-16/h2-10,13H,11-12,14H2,1H3. The summed E-state index contributed by atoms with van der Waals surface area (Å²) in [6.07, 6.45) is 0.150. The molecule has 5 nitrogen and oxygen atoms in total. The van der Waals surface area contributed by atoms with Crippen molar-refractivity contribution >= 4 is 11.8 Å². The number of rotatable bonds is 7. The van der Waals surface area contributed by atoms with Crippen molar-refractivity contribution in [3.8, 4) is 11.1 Å². The lowest BCUT2D eigenvalue weighted by molar-refractivity contribution is -0.145. The molecule has 0 saturated carbocycles. The van der Waals surface area contributed by atoms with Gasteiger partial charge in [0.1, 0.15) is 18.1 Å². The van der Waals surface area contributed by atoms with E-state index in [9.17, 15) is 9.59 Å². The zero-order valence-electron chi connectivity index (χ0n) is 14.5. The van der Waals surface area contributed by atoms with Crippen molar-refractivity contribution in [2.45, 2.75) is 26.4 Å². The molecular weight excluding hydrogens is 330 g/mol. The quantitative estimate of drug-likeness (QED) is 0.468. The van der Waals surface area contributed by atoms with Gasteiger partial charge in [0.15, 0.2) is 5.78 Å². The molecule has 0 aliphatic carbocycles. The first kappa shape index (κ1) is 17.6. The van der Waals surface area contributed by atoms with E-state index in [-0.39, 0.29) is 25.2 Å². The Labute approximate surface area is 151 Å². The van der Waals surface area contributed by atoms with Gasteiger partial charge in [0, 0.05) is 18.1 Å². The van der Waals surface area contributed by atoms with Gasteiger partial charge >= 0.3 is 5.97 Å². The molecular formula is C21H19NO4. The van der Waals surface area contributed by atoms with E-state index >= 15 is 0 Å². The summed E-state index contributed by atoms with van der Waals surface area (Å²) in [5.74, 6) is 0.143. The van der Waals surface area contributed by atoms with Crippen LogP contribution in [0.2, 0.25) is 0 Å². The van der Waals surface area contributed by atoms with Crippen molar-refractivity contribution in [2.75, 3.05) is 0 Å². The predicted octanol–water partition coefficient (Wildman–Crippen LogP) is 4.36. The number of aryl methyl sites for hydroxylation is 1. The highest BCUT2D eigenvalue weighted by molar-refractivity contribution is 5.97. The minimum Gasteiger partial charge on any atom is -0.459 e. The van der Waals surface area contributed by atoms with Gasteiger partial charge in [0.25, 0.3) is 0 Å². The van der Waals surface area contributed by atoms with E-state index in [4.69, 9.17) is 9.26 Å². The normalized spacial score (nSPS) is 10.5. The molecule has 26 heavy (non-hydrogen) atoms. The number of benzene rings is 2. The molecule has 0 fully saturated rings. The van der Waals surface area contributed by atoms with Crippen LogP contribution in [-0.4, -0.2) is 16.9 Å². The molecule has 3 rings (SSSR count). The van der Waals surface area contributed by atoms with Gasteiger partial charge < -0.3 is 9.26 Å². The van der Waals surface area contributed by atoms with Gasteiger partial charge in [-0.3, -0.25) is 9.59 Å². The number of Topliss-reactive ketones (excluding diaryl/α,β-unsaturated/α-hetero) is 1. The first-order valence-corrected chi connectivity index (χ1v) is 8.38. The highest BCUT2D eigenvalue weighted by Gasteiger charge is 2.11. The predicted molar refractivity (Wildman–Crippen MR) is 96.5 cm³/mol. The Bertz CT molecular complexity index is 882. The van der Waals surface area contributed by atoms with Crippen LogP contribution in [0.4, 0.5) is 0 Å². The summed E-state index contributed by atoms with van der Waals surface area (Å²) in [4.78, 5) is 24.0. The van der Waals surface area contributed by atoms with Gasteiger partial charge in [0.05, 0.1) is 6.42 Å². The Kier molecular flexibility index (Phi) is 5.59. The fourth-order valence-electron chi connectivity index (χ4n) is 2.55. The maximum atomic E-state index is 12.2. The van der Waals surface area contributed by atoms with Crippen LogP contribution >= 0.6 is 0 Å². The Morgan fingerprint density at radius 3 is 2.31 bits per heavy atom. The Balaban J connectivity index is 1.49. The van der Waals surface area contributed by atoms with Gasteiger partial charge in [-0.25, -0.2) is 0 Å². The van der Waals surface area contributed by atoms with Crippen molar-refractivity contribution in [1.82, 2.24) is 5.16 Å². The third-order valence-electron chi connectivity index (χ3n) is 3.93. The molecule has 0 unspecified atom stereocenters. The highest BCUT2D eigenvalue weighted by atomic mass is 16.5. The van der Waals surface area contributed by atoms with Crippen molar-refractivity contribution in [1.29, 1.82) is 0 Å². The van der Waals surface area contributed by atoms with Crippen molar-refractivity contribution in [3.63, 3.8) is 0 Å². The lowest BCUT2D eigenvalue weighted by Crippen LogP contribution is -2.08. The number of hydrogen-bond acceptors (Lipinski definition) is 5. The second kappa shape index (κ2) is 8.25. The molecule has 0 amide bonds. The number of aromatic nitrogens is 1. The molecule has 0 aliphatic heterocycles. The monoisotopic (exact) mass is 349 g/mol. The number of carbonyl (C=O) groups excluding carboxylic acids is 2. The molecule has 1 heterocycles. The van der Waals surface area contributed by atoms with E-state index in [2.05, 4.69) is 5.16 Å². The Morgan fingerprint density at radius 1 is 0.962 bits per heavy atom. The van der Waals surface area contributed by atoms with Crippen molar-refractivity contribution in [2.24, 2.45) is 0 Å². The number of esters is 1. The van der Waals surface area contributed by atoms with E-state index < -0.39 is 5.97 Å². The minimum absolute atomic E-state index is 0.0378. The van der Waals surface area contributed by atoms with E-state index in [1.165, 1.54) is 0 Å². The van der Waals surface area contributed by atoms with Gasteiger partial charge in [0.2, 0.25) is 0 Å².